The summed E-state index contributed by atoms with van der Waals surface area (Å²) in [6, 6.07) is 0. The molecule has 0 unspecified atom stereocenters. The van der Waals surface area contributed by atoms with Crippen LogP contribution in [0.2, 0.25) is 0 Å². The molecule has 0 bridgehead atoms. The second-order valence-corrected chi connectivity index (χ2v) is 1.48. The second kappa shape index (κ2) is 11.4. The van der Waals surface area contributed by atoms with E-state index in [1.807, 2.05) is 0 Å². The SMILES string of the molecule is C[C@H](O)[C@H](C)O.[CH3-].[CH3-].[Ti+2]. The van der Waals surface area contributed by atoms with Crippen molar-refractivity contribution in [3.63, 3.8) is 0 Å². The fourth-order valence-electron chi connectivity index (χ4n) is 0. The second-order valence-electron chi connectivity index (χ2n) is 1.48. The van der Waals surface area contributed by atoms with Gasteiger partial charge in [-0.25, -0.2) is 0 Å². The third-order valence-electron chi connectivity index (χ3n) is 0.698. The Morgan fingerprint density at radius 1 is 0.889 bits per heavy atom. The van der Waals surface area contributed by atoms with E-state index in [4.69, 9.17) is 10.2 Å². The molecule has 0 aliphatic carbocycles. The maximum absolute atomic E-state index is 8.38. The first-order valence-corrected chi connectivity index (χ1v) is 2.00. The minimum Gasteiger partial charge on any atom is -0.391 e. The fraction of sp³-hybridized carbons (Fsp3) is 0.667. The van der Waals surface area contributed by atoms with Gasteiger partial charge in [-0.15, -0.1) is 0 Å². The summed E-state index contributed by atoms with van der Waals surface area (Å²) >= 11 is 0. The minimum absolute atomic E-state index is 0. The zero-order valence-electron chi connectivity index (χ0n) is 6.55. The Balaban J connectivity index is -0.0000000417. The smallest absolute Gasteiger partial charge is 0.391 e. The van der Waals surface area contributed by atoms with E-state index in [0.29, 0.717) is 0 Å². The van der Waals surface area contributed by atoms with Gasteiger partial charge < -0.3 is 25.1 Å². The molecule has 0 heterocycles. The van der Waals surface area contributed by atoms with E-state index >= 15 is 0 Å². The van der Waals surface area contributed by atoms with Crippen molar-refractivity contribution in [2.75, 3.05) is 0 Å². The predicted octanol–water partition coefficient (Wildman–Crippen LogP) is 0.646. The van der Waals surface area contributed by atoms with Gasteiger partial charge in [0.1, 0.15) is 0 Å². The van der Waals surface area contributed by atoms with Crippen molar-refractivity contribution >= 4 is 0 Å². The summed E-state index contributed by atoms with van der Waals surface area (Å²) in [5, 5.41) is 16.8. The average Bonchev–Trinajstić information content (AvgIpc) is 1.36. The van der Waals surface area contributed by atoms with Gasteiger partial charge in [-0.2, -0.15) is 0 Å². The van der Waals surface area contributed by atoms with Crippen LogP contribution in [-0.2, 0) is 21.7 Å². The molecule has 3 heteroatoms. The maximum atomic E-state index is 8.38. The van der Waals surface area contributed by atoms with Crippen LogP contribution in [0.1, 0.15) is 13.8 Å². The summed E-state index contributed by atoms with van der Waals surface area (Å²) < 4.78 is 0. The van der Waals surface area contributed by atoms with Crippen molar-refractivity contribution in [2.45, 2.75) is 26.1 Å². The summed E-state index contributed by atoms with van der Waals surface area (Å²) in [6.07, 6.45) is -1.19. The Bertz CT molecular complexity index is 32.0. The first-order chi connectivity index (χ1) is 2.64. The standard InChI is InChI=1S/C4H10O2.2CH3.Ti/c1-3(5)4(2)6;;;/h3-6H,1-2H3;2*1H3;/q;2*-1;+2/t3-,4-;;;/m0.../s1. The number of hydrogen-bond acceptors (Lipinski definition) is 2. The predicted molar refractivity (Wildman–Crippen MR) is 36.2 cm³/mol. The van der Waals surface area contributed by atoms with Crippen LogP contribution in [0.3, 0.4) is 0 Å². The molecule has 0 aliphatic heterocycles. The summed E-state index contributed by atoms with van der Waals surface area (Å²) in [7, 11) is 0. The van der Waals surface area contributed by atoms with Crippen LogP contribution in [0, 0.1) is 14.9 Å². The normalized spacial score (nSPS) is 13.3. The van der Waals surface area contributed by atoms with Gasteiger partial charge in [-0.3, -0.25) is 0 Å². The fourth-order valence-corrected chi connectivity index (χ4v) is 0. The molecule has 2 nitrogen and oxygen atoms in total. The molecule has 0 aliphatic rings. The van der Waals surface area contributed by atoms with Gasteiger partial charge in [-0.05, 0) is 13.8 Å². The summed E-state index contributed by atoms with van der Waals surface area (Å²) in [6.45, 7) is 3.09. The molecule has 0 aromatic carbocycles. The number of aliphatic hydroxyl groups excluding tert-OH is 2. The van der Waals surface area contributed by atoms with E-state index in [9.17, 15) is 0 Å². The monoisotopic (exact) mass is 168 g/mol. The van der Waals surface area contributed by atoms with Crippen LogP contribution in [0.4, 0.5) is 0 Å². The molecule has 0 saturated carbocycles. The third-order valence-corrected chi connectivity index (χ3v) is 0.698. The maximum Gasteiger partial charge on any atom is 2.00 e. The molecular weight excluding hydrogens is 152 g/mol. The molecule has 2 N–H and O–H groups in total. The van der Waals surface area contributed by atoms with Gasteiger partial charge in [-0.1, -0.05) is 0 Å². The molecular formula is C6H16O2Ti. The van der Waals surface area contributed by atoms with Crippen LogP contribution in [-0.4, -0.2) is 22.4 Å². The molecule has 0 amide bonds. The van der Waals surface area contributed by atoms with Crippen molar-refractivity contribution in [1.82, 2.24) is 0 Å². The van der Waals surface area contributed by atoms with E-state index in [1.54, 1.807) is 13.8 Å². The molecule has 0 aromatic rings. The van der Waals surface area contributed by atoms with Gasteiger partial charge in [0.15, 0.2) is 0 Å². The Hall–Kier alpha value is 0.634. The van der Waals surface area contributed by atoms with E-state index in [2.05, 4.69) is 0 Å². The Kier molecular flexibility index (Phi) is 28.7. The van der Waals surface area contributed by atoms with Crippen LogP contribution < -0.4 is 0 Å². The summed E-state index contributed by atoms with van der Waals surface area (Å²) in [5.41, 5.74) is 0. The van der Waals surface area contributed by atoms with E-state index in [0.717, 1.165) is 0 Å². The van der Waals surface area contributed by atoms with Crippen LogP contribution in [0.15, 0.2) is 0 Å². The van der Waals surface area contributed by atoms with Gasteiger partial charge >= 0.3 is 21.7 Å². The molecule has 0 radical (unpaired) electrons. The third kappa shape index (κ3) is 17.7. The summed E-state index contributed by atoms with van der Waals surface area (Å²) in [5.74, 6) is 0. The van der Waals surface area contributed by atoms with Gasteiger partial charge in [0, 0.05) is 0 Å². The van der Waals surface area contributed by atoms with E-state index in [1.165, 1.54) is 0 Å². The first kappa shape index (κ1) is 22.6. The molecule has 56 valence electrons. The van der Waals surface area contributed by atoms with Crippen molar-refractivity contribution < 1.29 is 31.9 Å². The van der Waals surface area contributed by atoms with Crippen LogP contribution in [0.5, 0.6) is 0 Å². The topological polar surface area (TPSA) is 40.5 Å². The summed E-state index contributed by atoms with van der Waals surface area (Å²) in [4.78, 5) is 0. The van der Waals surface area contributed by atoms with Gasteiger partial charge in [0.05, 0.1) is 12.2 Å². The van der Waals surface area contributed by atoms with Crippen molar-refractivity contribution in [2.24, 2.45) is 0 Å². The average molecular weight is 168 g/mol. The van der Waals surface area contributed by atoms with E-state index in [-0.39, 0.29) is 36.6 Å². The van der Waals surface area contributed by atoms with Crippen LogP contribution in [0.25, 0.3) is 0 Å². The first-order valence-electron chi connectivity index (χ1n) is 2.00. The molecule has 0 aromatic heterocycles. The number of aliphatic hydroxyl groups is 2. The molecule has 0 fully saturated rings. The zero-order valence-corrected chi connectivity index (χ0v) is 8.11. The minimum atomic E-state index is -0.593. The molecule has 0 rings (SSSR count). The van der Waals surface area contributed by atoms with Crippen LogP contribution >= 0.6 is 0 Å². The zero-order chi connectivity index (χ0) is 5.15. The van der Waals surface area contributed by atoms with Gasteiger partial charge in [0.2, 0.25) is 0 Å². The largest absolute Gasteiger partial charge is 2.00 e. The Morgan fingerprint density at radius 2 is 1.00 bits per heavy atom. The molecule has 9 heavy (non-hydrogen) atoms. The Morgan fingerprint density at radius 3 is 1.00 bits per heavy atom. The molecule has 0 spiro atoms. The van der Waals surface area contributed by atoms with Crippen molar-refractivity contribution in [3.05, 3.63) is 14.9 Å². The Labute approximate surface area is 73.2 Å². The molecule has 2 atom stereocenters. The number of hydrogen-bond donors (Lipinski definition) is 2. The molecule has 0 saturated heterocycles. The van der Waals surface area contributed by atoms with Crippen molar-refractivity contribution in [3.8, 4) is 0 Å². The quantitative estimate of drug-likeness (QED) is 0.445. The number of rotatable bonds is 1. The van der Waals surface area contributed by atoms with Gasteiger partial charge in [0.25, 0.3) is 0 Å². The van der Waals surface area contributed by atoms with E-state index < -0.39 is 12.2 Å². The van der Waals surface area contributed by atoms with Crippen molar-refractivity contribution in [1.29, 1.82) is 0 Å².